The van der Waals surface area contributed by atoms with Gasteiger partial charge in [0.2, 0.25) is 0 Å². The van der Waals surface area contributed by atoms with Crippen molar-refractivity contribution in [1.82, 2.24) is 0 Å². The van der Waals surface area contributed by atoms with Crippen molar-refractivity contribution >= 4 is 29.1 Å². The first-order valence-electron chi connectivity index (χ1n) is 5.16. The lowest BCUT2D eigenvalue weighted by Gasteiger charge is -2.22. The van der Waals surface area contributed by atoms with Gasteiger partial charge in [0.15, 0.2) is 0 Å². The van der Waals surface area contributed by atoms with Crippen LogP contribution < -0.4 is 5.73 Å². The number of halogens is 2. The molecular weight excluding hydrogens is 249 g/mol. The van der Waals surface area contributed by atoms with Gasteiger partial charge in [0, 0.05) is 29.0 Å². The van der Waals surface area contributed by atoms with E-state index >= 15 is 0 Å². The van der Waals surface area contributed by atoms with E-state index in [1.807, 2.05) is 0 Å². The van der Waals surface area contributed by atoms with Crippen LogP contribution in [0.4, 0.5) is 10.1 Å². The van der Waals surface area contributed by atoms with Gasteiger partial charge in [0.05, 0.1) is 5.02 Å². The molecule has 1 aromatic rings. The van der Waals surface area contributed by atoms with Crippen LogP contribution in [0, 0.1) is 5.82 Å². The van der Waals surface area contributed by atoms with Gasteiger partial charge in [-0.2, -0.15) is 0 Å². The van der Waals surface area contributed by atoms with E-state index in [-0.39, 0.29) is 5.02 Å². The molecule has 0 radical (unpaired) electrons. The van der Waals surface area contributed by atoms with E-state index in [1.165, 1.54) is 6.07 Å². The number of hydrogen-bond acceptors (Lipinski definition) is 3. The Morgan fingerprint density at radius 2 is 2.06 bits per heavy atom. The Labute approximate surface area is 103 Å². The second-order valence-electron chi connectivity index (χ2n) is 3.73. The number of thioether (sulfide) groups is 1. The Hall–Kier alpha value is -0.450. The summed E-state index contributed by atoms with van der Waals surface area (Å²) in [6, 6.07) is 2.89. The fourth-order valence-corrected chi connectivity index (χ4v) is 3.02. The van der Waals surface area contributed by atoms with Gasteiger partial charge in [0.25, 0.3) is 0 Å². The molecule has 2 rings (SSSR count). The van der Waals surface area contributed by atoms with Crippen molar-refractivity contribution in [3.05, 3.63) is 23.0 Å². The van der Waals surface area contributed by atoms with Crippen LogP contribution in [0.5, 0.6) is 0 Å². The lowest BCUT2D eigenvalue weighted by atomic mass is 10.2. The summed E-state index contributed by atoms with van der Waals surface area (Å²) in [4.78, 5) is 0.860. The molecule has 0 aliphatic carbocycles. The van der Waals surface area contributed by atoms with Gasteiger partial charge in [-0.1, -0.05) is 11.6 Å². The first-order valence-corrected chi connectivity index (χ1v) is 6.41. The van der Waals surface area contributed by atoms with Gasteiger partial charge in [-0.15, -0.1) is 11.8 Å². The third-order valence-electron chi connectivity index (χ3n) is 2.51. The van der Waals surface area contributed by atoms with Crippen molar-refractivity contribution in [2.45, 2.75) is 23.0 Å². The van der Waals surface area contributed by atoms with Crippen LogP contribution in [-0.4, -0.2) is 18.5 Å². The van der Waals surface area contributed by atoms with Gasteiger partial charge in [-0.05, 0) is 25.0 Å². The van der Waals surface area contributed by atoms with Gasteiger partial charge in [-0.25, -0.2) is 4.39 Å². The zero-order valence-electron chi connectivity index (χ0n) is 8.71. The van der Waals surface area contributed by atoms with Crippen LogP contribution in [0.25, 0.3) is 0 Å². The highest BCUT2D eigenvalue weighted by molar-refractivity contribution is 8.00. The Balaban J connectivity index is 2.11. The summed E-state index contributed by atoms with van der Waals surface area (Å²) < 4.78 is 18.4. The highest BCUT2D eigenvalue weighted by atomic mass is 35.5. The second kappa shape index (κ2) is 5.25. The van der Waals surface area contributed by atoms with Gasteiger partial charge < -0.3 is 10.5 Å². The van der Waals surface area contributed by atoms with Gasteiger partial charge >= 0.3 is 0 Å². The fraction of sp³-hybridized carbons (Fsp3) is 0.455. The molecule has 5 heteroatoms. The normalized spacial score (nSPS) is 17.6. The lowest BCUT2D eigenvalue weighted by Crippen LogP contribution is -2.17. The predicted octanol–water partition coefficient (Wildman–Crippen LogP) is 3.33. The number of rotatable bonds is 2. The van der Waals surface area contributed by atoms with E-state index in [1.54, 1.807) is 17.8 Å². The minimum Gasteiger partial charge on any atom is -0.398 e. The molecule has 2 N–H and O–H groups in total. The molecule has 2 nitrogen and oxygen atoms in total. The van der Waals surface area contributed by atoms with Crippen LogP contribution in [0.3, 0.4) is 0 Å². The zero-order chi connectivity index (χ0) is 11.5. The van der Waals surface area contributed by atoms with Crippen LogP contribution in [0.15, 0.2) is 17.0 Å². The molecule has 0 spiro atoms. The molecule has 0 aromatic heterocycles. The Morgan fingerprint density at radius 3 is 2.75 bits per heavy atom. The molecule has 0 amide bonds. The largest absolute Gasteiger partial charge is 0.398 e. The molecule has 1 aliphatic rings. The van der Waals surface area contributed by atoms with Crippen molar-refractivity contribution in [3.8, 4) is 0 Å². The molecular formula is C11H13ClFNOS. The molecule has 1 aliphatic heterocycles. The summed E-state index contributed by atoms with van der Waals surface area (Å²) in [5.41, 5.74) is 6.21. The van der Waals surface area contributed by atoms with Crippen LogP contribution in [0.1, 0.15) is 12.8 Å². The van der Waals surface area contributed by atoms with E-state index < -0.39 is 5.82 Å². The van der Waals surface area contributed by atoms with Crippen molar-refractivity contribution in [3.63, 3.8) is 0 Å². The minimum absolute atomic E-state index is 0.128. The predicted molar refractivity (Wildman–Crippen MR) is 65.5 cm³/mol. The number of benzene rings is 1. The lowest BCUT2D eigenvalue weighted by molar-refractivity contribution is 0.100. The number of nitrogens with two attached hydrogens (primary N) is 1. The molecule has 0 atom stereocenters. The van der Waals surface area contributed by atoms with Crippen molar-refractivity contribution < 1.29 is 9.13 Å². The third-order valence-corrected chi connectivity index (χ3v) is 4.22. The zero-order valence-corrected chi connectivity index (χ0v) is 10.3. The third kappa shape index (κ3) is 2.81. The highest BCUT2D eigenvalue weighted by Gasteiger charge is 2.17. The average Bonchev–Trinajstić information content (AvgIpc) is 2.27. The summed E-state index contributed by atoms with van der Waals surface area (Å²) >= 11 is 7.39. The fourth-order valence-electron chi connectivity index (χ4n) is 1.62. The van der Waals surface area contributed by atoms with Crippen molar-refractivity contribution in [2.24, 2.45) is 0 Å². The first-order chi connectivity index (χ1) is 7.66. The minimum atomic E-state index is -0.463. The number of nitrogen functional groups attached to an aromatic ring is 1. The van der Waals surface area contributed by atoms with Gasteiger partial charge in [-0.3, -0.25) is 0 Å². The second-order valence-corrected chi connectivity index (χ2v) is 5.48. The summed E-state index contributed by atoms with van der Waals surface area (Å²) in [5.74, 6) is -0.463. The van der Waals surface area contributed by atoms with Crippen LogP contribution in [-0.2, 0) is 4.74 Å². The quantitative estimate of drug-likeness (QED) is 0.830. The standard InChI is InChI=1S/C11H13ClFNOS/c12-8-5-11(10(14)6-9(8)13)16-7-1-3-15-4-2-7/h5-7H,1-4,14H2. The number of anilines is 1. The summed E-state index contributed by atoms with van der Waals surface area (Å²) in [5, 5.41) is 0.612. The molecule has 1 fully saturated rings. The summed E-state index contributed by atoms with van der Waals surface area (Å²) in [6.45, 7) is 1.57. The van der Waals surface area contributed by atoms with Gasteiger partial charge in [0.1, 0.15) is 5.82 Å². The molecule has 1 aromatic carbocycles. The Kier molecular flexibility index (Phi) is 3.95. The molecule has 0 bridgehead atoms. The smallest absolute Gasteiger partial charge is 0.143 e. The van der Waals surface area contributed by atoms with Crippen LogP contribution >= 0.6 is 23.4 Å². The average molecular weight is 262 g/mol. The first kappa shape index (κ1) is 12.0. The SMILES string of the molecule is Nc1cc(F)c(Cl)cc1SC1CCOCC1. The van der Waals surface area contributed by atoms with E-state index in [0.29, 0.717) is 10.9 Å². The van der Waals surface area contributed by atoms with E-state index in [9.17, 15) is 4.39 Å². The van der Waals surface area contributed by atoms with E-state index in [4.69, 9.17) is 22.1 Å². The number of hydrogen-bond donors (Lipinski definition) is 1. The Morgan fingerprint density at radius 1 is 1.38 bits per heavy atom. The van der Waals surface area contributed by atoms with Crippen molar-refractivity contribution in [2.75, 3.05) is 18.9 Å². The molecule has 1 heterocycles. The monoisotopic (exact) mass is 261 g/mol. The molecule has 0 unspecified atom stereocenters. The van der Waals surface area contributed by atoms with Crippen LogP contribution in [0.2, 0.25) is 5.02 Å². The molecule has 1 saturated heterocycles. The topological polar surface area (TPSA) is 35.2 Å². The molecule has 0 saturated carbocycles. The Bertz CT molecular complexity index is 382. The summed E-state index contributed by atoms with van der Waals surface area (Å²) in [6.07, 6.45) is 2.00. The summed E-state index contributed by atoms with van der Waals surface area (Å²) in [7, 11) is 0. The van der Waals surface area contributed by atoms with E-state index in [0.717, 1.165) is 31.0 Å². The number of ether oxygens (including phenoxy) is 1. The maximum absolute atomic E-state index is 13.1. The van der Waals surface area contributed by atoms with E-state index in [2.05, 4.69) is 0 Å². The molecule has 16 heavy (non-hydrogen) atoms. The highest BCUT2D eigenvalue weighted by Crippen LogP contribution is 2.35. The maximum Gasteiger partial charge on any atom is 0.143 e. The maximum atomic E-state index is 13.1. The van der Waals surface area contributed by atoms with Crippen molar-refractivity contribution in [1.29, 1.82) is 0 Å². The molecule has 88 valence electrons.